The van der Waals surface area contributed by atoms with Gasteiger partial charge in [0.05, 0.1) is 13.7 Å². The van der Waals surface area contributed by atoms with Crippen LogP contribution in [0.25, 0.3) is 0 Å². The molecule has 0 bridgehead atoms. The lowest BCUT2D eigenvalue weighted by Crippen LogP contribution is -1.82. The van der Waals surface area contributed by atoms with Crippen LogP contribution in [0.15, 0.2) is 0 Å². The van der Waals surface area contributed by atoms with Crippen LogP contribution in [0.5, 0.6) is 0 Å². The SMILES string of the molecule is C.C.C.C.CCOP(C)(C)=O.CCP(C)(C)=O. The molecule has 0 spiro atoms. The van der Waals surface area contributed by atoms with Crippen molar-refractivity contribution in [1.82, 2.24) is 0 Å². The molecule has 0 radical (unpaired) electrons. The van der Waals surface area contributed by atoms with E-state index < -0.39 is 14.5 Å². The summed E-state index contributed by atoms with van der Waals surface area (Å²) in [6, 6.07) is 0. The van der Waals surface area contributed by atoms with Crippen LogP contribution in [0.2, 0.25) is 0 Å². The van der Waals surface area contributed by atoms with Gasteiger partial charge in [0.25, 0.3) is 0 Å². The maximum atomic E-state index is 10.6. The molecule has 0 unspecified atom stereocenters. The van der Waals surface area contributed by atoms with Crippen molar-refractivity contribution in [3.63, 3.8) is 0 Å². The van der Waals surface area contributed by atoms with Crippen LogP contribution in [0, 0.1) is 0 Å². The third kappa shape index (κ3) is 62.0. The summed E-state index contributed by atoms with van der Waals surface area (Å²) in [6.45, 7) is 11.1. The molecule has 0 amide bonds. The Morgan fingerprint density at radius 2 is 1.06 bits per heavy atom. The maximum Gasteiger partial charge on any atom is 0.197 e. The Morgan fingerprint density at radius 3 is 1.06 bits per heavy atom. The summed E-state index contributed by atoms with van der Waals surface area (Å²) in [5, 5.41) is 0. The zero-order chi connectivity index (χ0) is 11.1. The molecule has 0 aliphatic carbocycles. The Balaban J connectivity index is -0.0000000290. The van der Waals surface area contributed by atoms with E-state index in [1.165, 1.54) is 0 Å². The lowest BCUT2D eigenvalue weighted by atomic mass is 10.9. The summed E-state index contributed by atoms with van der Waals surface area (Å²) >= 11 is 0. The molecule has 0 N–H and O–H groups in total. The first-order valence-electron chi connectivity index (χ1n) is 4.36. The largest absolute Gasteiger partial charge is 0.329 e. The fourth-order valence-corrected chi connectivity index (χ4v) is 0.933. The molecule has 0 aromatic rings. The van der Waals surface area contributed by atoms with Gasteiger partial charge < -0.3 is 9.09 Å². The van der Waals surface area contributed by atoms with Gasteiger partial charge >= 0.3 is 0 Å². The van der Waals surface area contributed by atoms with Crippen LogP contribution in [0.4, 0.5) is 0 Å². The van der Waals surface area contributed by atoms with Gasteiger partial charge in [0.1, 0.15) is 0 Å². The summed E-state index contributed by atoms with van der Waals surface area (Å²) in [5.41, 5.74) is 0. The van der Waals surface area contributed by atoms with Crippen molar-refractivity contribution in [2.24, 2.45) is 0 Å². The van der Waals surface area contributed by atoms with E-state index in [1.54, 1.807) is 26.7 Å². The molecule has 0 fully saturated rings. The summed E-state index contributed by atoms with van der Waals surface area (Å²) in [4.78, 5) is 0. The lowest BCUT2D eigenvalue weighted by molar-refractivity contribution is 0.341. The second kappa shape index (κ2) is 16.4. The summed E-state index contributed by atoms with van der Waals surface area (Å²) < 4.78 is 26.0. The summed E-state index contributed by atoms with van der Waals surface area (Å²) in [6.07, 6.45) is 0.826. The molecule has 0 saturated heterocycles. The molecular formula is C12H38O3P2. The Kier molecular flexibility index (Phi) is 34.8. The quantitative estimate of drug-likeness (QED) is 0.623. The normalized spacial score (nSPS) is 9.06. The van der Waals surface area contributed by atoms with Crippen LogP contribution in [0.3, 0.4) is 0 Å². The van der Waals surface area contributed by atoms with E-state index in [-0.39, 0.29) is 29.7 Å². The van der Waals surface area contributed by atoms with E-state index in [1.807, 2.05) is 13.8 Å². The van der Waals surface area contributed by atoms with Gasteiger partial charge in [-0.15, -0.1) is 0 Å². The molecule has 3 nitrogen and oxygen atoms in total. The summed E-state index contributed by atoms with van der Waals surface area (Å²) in [7, 11) is -3.81. The molecule has 0 aliphatic rings. The van der Waals surface area contributed by atoms with E-state index in [2.05, 4.69) is 0 Å². The first kappa shape index (κ1) is 36.0. The van der Waals surface area contributed by atoms with E-state index in [0.717, 1.165) is 6.16 Å². The van der Waals surface area contributed by atoms with Gasteiger partial charge in [-0.3, -0.25) is 4.57 Å². The van der Waals surface area contributed by atoms with Crippen molar-refractivity contribution >= 4 is 14.5 Å². The molecule has 0 rings (SSSR count). The molecule has 0 heterocycles. The number of hydrogen-bond acceptors (Lipinski definition) is 3. The Hall–Kier alpha value is 0.420. The average molecular weight is 292 g/mol. The third-order valence-corrected chi connectivity index (χ3v) is 3.60. The van der Waals surface area contributed by atoms with E-state index >= 15 is 0 Å². The van der Waals surface area contributed by atoms with Crippen molar-refractivity contribution in [3.8, 4) is 0 Å². The van der Waals surface area contributed by atoms with Gasteiger partial charge in [-0.1, -0.05) is 36.6 Å². The highest BCUT2D eigenvalue weighted by Gasteiger charge is 2.02. The van der Waals surface area contributed by atoms with E-state index in [4.69, 9.17) is 4.52 Å². The lowest BCUT2D eigenvalue weighted by Gasteiger charge is -2.02. The zero-order valence-corrected chi connectivity index (χ0v) is 11.3. The molecule has 5 heteroatoms. The zero-order valence-electron chi connectivity index (χ0n) is 9.53. The van der Waals surface area contributed by atoms with Crippen molar-refractivity contribution in [2.45, 2.75) is 43.6 Å². The van der Waals surface area contributed by atoms with Crippen molar-refractivity contribution < 1.29 is 13.7 Å². The molecule has 0 atom stereocenters. The molecule has 17 heavy (non-hydrogen) atoms. The van der Waals surface area contributed by atoms with Crippen LogP contribution in [-0.4, -0.2) is 39.4 Å². The molecular weight excluding hydrogens is 254 g/mol. The van der Waals surface area contributed by atoms with E-state index in [9.17, 15) is 9.13 Å². The van der Waals surface area contributed by atoms with Crippen LogP contribution in [-0.2, 0) is 13.7 Å². The fraction of sp³-hybridized carbons (Fsp3) is 1.00. The average Bonchev–Trinajstić information content (AvgIpc) is 1.84. The minimum absolute atomic E-state index is 0. The highest BCUT2D eigenvalue weighted by atomic mass is 31.2. The van der Waals surface area contributed by atoms with Gasteiger partial charge in [-0.2, -0.15) is 0 Å². The Morgan fingerprint density at radius 1 is 0.824 bits per heavy atom. The van der Waals surface area contributed by atoms with Gasteiger partial charge in [0.2, 0.25) is 0 Å². The van der Waals surface area contributed by atoms with Crippen LogP contribution < -0.4 is 0 Å². The predicted molar refractivity (Wildman–Crippen MR) is 88.0 cm³/mol. The molecule has 0 aromatic carbocycles. The highest BCUT2D eigenvalue weighted by Crippen LogP contribution is 2.36. The monoisotopic (exact) mass is 292 g/mol. The molecule has 0 saturated carbocycles. The van der Waals surface area contributed by atoms with Crippen molar-refractivity contribution in [1.29, 1.82) is 0 Å². The van der Waals surface area contributed by atoms with Crippen LogP contribution in [0.1, 0.15) is 43.6 Å². The molecule has 0 aliphatic heterocycles. The predicted octanol–water partition coefficient (Wildman–Crippen LogP) is 5.73. The molecule has 0 aromatic heterocycles. The fourth-order valence-electron chi connectivity index (χ4n) is 0.311. The minimum Gasteiger partial charge on any atom is -0.329 e. The standard InChI is InChI=1S/C4H11O2P.C4H11OP.4CH4/c1-4-6-7(2,3)5;1-4-6(2,3)5;;;;/h4H2,1-3H3;4H2,1-3H3;4*1H4. The Labute approximate surface area is 112 Å². The van der Waals surface area contributed by atoms with Crippen molar-refractivity contribution in [3.05, 3.63) is 0 Å². The molecule has 114 valence electrons. The first-order chi connectivity index (χ1) is 5.62. The van der Waals surface area contributed by atoms with Gasteiger partial charge in [0, 0.05) is 13.3 Å². The topological polar surface area (TPSA) is 43.4 Å². The second-order valence-electron chi connectivity index (χ2n) is 3.56. The van der Waals surface area contributed by atoms with Gasteiger partial charge in [0.15, 0.2) is 7.37 Å². The van der Waals surface area contributed by atoms with Crippen LogP contribution >= 0.6 is 14.5 Å². The third-order valence-electron chi connectivity index (χ3n) is 1.20. The van der Waals surface area contributed by atoms with E-state index in [0.29, 0.717) is 6.61 Å². The minimum atomic E-state index is -2.17. The Bertz CT molecular complexity index is 204. The van der Waals surface area contributed by atoms with Gasteiger partial charge in [-0.25, -0.2) is 0 Å². The smallest absolute Gasteiger partial charge is 0.197 e. The second-order valence-corrected chi connectivity index (χ2v) is 10.1. The summed E-state index contributed by atoms with van der Waals surface area (Å²) in [5.74, 6) is 0. The number of rotatable bonds is 3. The first-order valence-corrected chi connectivity index (χ1v) is 9.66. The maximum absolute atomic E-state index is 10.6. The van der Waals surface area contributed by atoms with Gasteiger partial charge in [-0.05, 0) is 26.4 Å². The van der Waals surface area contributed by atoms with Crippen molar-refractivity contribution in [2.75, 3.05) is 39.4 Å². The highest BCUT2D eigenvalue weighted by molar-refractivity contribution is 7.62. The number of hydrogen-bond donors (Lipinski definition) is 0.